The number of aliphatic hydroxyl groups excluding tert-OH is 1. The van der Waals surface area contributed by atoms with E-state index < -0.39 is 50.6 Å². The van der Waals surface area contributed by atoms with Gasteiger partial charge >= 0.3 is 41.8 Å². The topological polar surface area (TPSA) is 374 Å². The number of aromatic hydroxyl groups is 2. The number of phenols is 2. The first kappa shape index (κ1) is 134. The molecule has 7 aromatic carbocycles. The second kappa shape index (κ2) is 76.8. The van der Waals surface area contributed by atoms with Crippen molar-refractivity contribution >= 4 is 63.7 Å². The molecule has 4 N–H and O–H groups in total. The number of phenolic OH excluding ortho intramolecular Hbond substituents is 2. The normalized spacial score (nSPS) is 12.9. The lowest BCUT2D eigenvalue weighted by Crippen LogP contribution is -2.25. The molecule has 0 aliphatic carbocycles. The van der Waals surface area contributed by atoms with E-state index in [9.17, 15) is 52.2 Å². The number of ether oxygens (including phenoxy) is 15. The molecule has 2 aliphatic rings. The minimum absolute atomic E-state index is 0.0202. The Bertz CT molecular complexity index is 4700. The molecule has 0 aromatic heterocycles. The summed E-state index contributed by atoms with van der Waals surface area (Å²) in [6.45, 7) is 54.4. The highest BCUT2D eigenvalue weighted by atomic mass is 35.5. The van der Waals surface area contributed by atoms with Crippen LogP contribution in [0.3, 0.4) is 0 Å². The van der Waals surface area contributed by atoms with Crippen LogP contribution in [0, 0.1) is 17.8 Å². The predicted octanol–water partition coefficient (Wildman–Crippen LogP) is 25.1. The summed E-state index contributed by atoms with van der Waals surface area (Å²) in [6.07, 6.45) is 15.3. The Labute approximate surface area is 871 Å². The van der Waals surface area contributed by atoms with Crippen molar-refractivity contribution in [2.24, 2.45) is 17.8 Å². The minimum atomic E-state index is -3.24. The second-order valence-corrected chi connectivity index (χ2v) is 40.5. The zero-order chi connectivity index (χ0) is 109. The third-order valence-electron chi connectivity index (χ3n) is 19.9. The van der Waals surface area contributed by atoms with E-state index in [1.807, 2.05) is 185 Å². The lowest BCUT2D eigenvalue weighted by Gasteiger charge is -2.20. The van der Waals surface area contributed by atoms with Gasteiger partial charge in [-0.2, -0.15) is 8.42 Å². The molecule has 0 saturated carbocycles. The summed E-state index contributed by atoms with van der Waals surface area (Å²) in [7, 11) is -3.24. The van der Waals surface area contributed by atoms with Crippen LogP contribution in [-0.2, 0) is 71.4 Å². The molecule has 816 valence electrons. The molecule has 0 spiro atoms. The van der Waals surface area contributed by atoms with Crippen LogP contribution in [0.15, 0.2) is 182 Å². The first-order valence-electron chi connectivity index (χ1n) is 50.6. The number of rotatable bonds is 42. The first-order valence-corrected chi connectivity index (χ1v) is 52.8. The summed E-state index contributed by atoms with van der Waals surface area (Å²) in [4.78, 5) is 82.3. The molecule has 0 bridgehead atoms. The van der Waals surface area contributed by atoms with Crippen molar-refractivity contribution in [3.05, 3.63) is 193 Å². The molecular formula is C114H174ClNO28S. The number of carbonyl (C=O) groups excluding carboxylic acids is 7. The van der Waals surface area contributed by atoms with E-state index in [0.717, 1.165) is 107 Å². The highest BCUT2D eigenvalue weighted by Crippen LogP contribution is 2.29. The van der Waals surface area contributed by atoms with Gasteiger partial charge in [0.15, 0.2) is 0 Å². The van der Waals surface area contributed by atoms with Gasteiger partial charge in [0.05, 0.1) is 68.2 Å². The van der Waals surface area contributed by atoms with Crippen molar-refractivity contribution in [3.8, 4) is 57.5 Å². The van der Waals surface area contributed by atoms with Crippen molar-refractivity contribution in [1.29, 1.82) is 0 Å². The van der Waals surface area contributed by atoms with Gasteiger partial charge in [0.1, 0.15) is 86.0 Å². The monoisotopic (exact) mass is 2070 g/mol. The highest BCUT2D eigenvalue weighted by Gasteiger charge is 2.23. The third-order valence-corrected chi connectivity index (χ3v) is 20.6. The van der Waals surface area contributed by atoms with Crippen LogP contribution in [-0.4, -0.2) is 184 Å². The summed E-state index contributed by atoms with van der Waals surface area (Å²) >= 11 is 5.46. The van der Waals surface area contributed by atoms with E-state index in [-0.39, 0.29) is 78.6 Å². The van der Waals surface area contributed by atoms with Crippen molar-refractivity contribution in [1.82, 2.24) is 4.84 Å². The fraction of sp³-hybridized carbons (Fsp3) is 0.570. The maximum absolute atomic E-state index is 12.1. The Morgan fingerprint density at radius 1 is 0.379 bits per heavy atom. The highest BCUT2D eigenvalue weighted by molar-refractivity contribution is 7.86. The Kier molecular flexibility index (Phi) is 71.1. The van der Waals surface area contributed by atoms with E-state index in [2.05, 4.69) is 41.5 Å². The number of halogens is 1. The molecule has 0 unspecified atom stereocenters. The lowest BCUT2D eigenvalue weighted by atomic mass is 10.1. The van der Waals surface area contributed by atoms with Crippen LogP contribution in [0.5, 0.6) is 57.5 Å². The molecule has 2 heterocycles. The Morgan fingerprint density at radius 2 is 0.655 bits per heavy atom. The average molecular weight is 2070 g/mol. The summed E-state index contributed by atoms with van der Waals surface area (Å²) < 4.78 is 106. The van der Waals surface area contributed by atoms with E-state index in [1.165, 1.54) is 44.7 Å². The van der Waals surface area contributed by atoms with Crippen molar-refractivity contribution in [3.63, 3.8) is 0 Å². The van der Waals surface area contributed by atoms with Crippen LogP contribution in [0.4, 0.5) is 0 Å². The van der Waals surface area contributed by atoms with Crippen LogP contribution in [0.2, 0.25) is 0 Å². The van der Waals surface area contributed by atoms with E-state index in [1.54, 1.807) is 123 Å². The van der Waals surface area contributed by atoms with Crippen molar-refractivity contribution in [2.45, 2.75) is 342 Å². The number of benzene rings is 7. The van der Waals surface area contributed by atoms with E-state index in [0.29, 0.717) is 110 Å². The van der Waals surface area contributed by atoms with Gasteiger partial charge in [-0.05, 0) is 290 Å². The van der Waals surface area contributed by atoms with Gasteiger partial charge in [0.25, 0.3) is 10.1 Å². The standard InChI is InChI=1S/C22H26O5.C21H34O4.C15H24ClNO2.C15H22O4.C13H10O3.C9H18O3.C7H16O3S.C4H8O2.2C4H8O/c1-16(13-14-20(23)27-22(2,3)4)25-18-11-8-12-19(15-18)26-21(24)17-9-6-5-7-10-17;1-7-17(8-2)15-23-18-10-9-11-19(14-18)24-16(3)12-13-20(22)25-21(4,5)6;1-4-13(5-2)11-18-14-7-6-8-15(9-14)19-12(3)10-17-16;1-11(8-9-14(17)19-15(2,3)4)18-13-7-5-6-12(16)10-13;14-11-7-4-8-12(9-11)16-13(15)10-5-2-1-3-6-10;1-7(10)5-6-8(11)12-9(2,3)4;1-4-7(5-2)6-10-11(3,8)9;1-3-6-4(2)5;2*1-2-4-5-3-1/h5-12,15-16H,13-14H2,1-4H3;9-11,14,16-17H,7-8,12-13,15H2,1-6H3;6-9,12-13,17H,4-5,10-11H2,1-3H3;5-7,10-11,16H,8-9H2,1-4H3;1-9,14H;7,10H,5-6H2,1-4H3;7H,4-6H2,1-3H3;3H2,1-2H3;2*1-4H2/t2*16-;12-;11-;;7-;;;;/m0000.1..../s1. The van der Waals surface area contributed by atoms with Crippen LogP contribution in [0.25, 0.3) is 0 Å². The molecule has 7 aromatic rings. The maximum Gasteiger partial charge on any atom is 0.343 e. The largest absolute Gasteiger partial charge is 0.508 e. The lowest BCUT2D eigenvalue weighted by molar-refractivity contribution is -0.156. The molecule has 5 atom stereocenters. The molecule has 31 heteroatoms. The van der Waals surface area contributed by atoms with Gasteiger partial charge in [-0.15, -0.1) is 0 Å². The zero-order valence-corrected chi connectivity index (χ0v) is 92.9. The molecule has 2 aliphatic heterocycles. The summed E-state index contributed by atoms with van der Waals surface area (Å²) in [5.74, 6) is 4.96. The molecule has 29 nitrogen and oxygen atoms in total. The summed E-state index contributed by atoms with van der Waals surface area (Å²) in [6, 6.07) is 52.6. The molecule has 145 heavy (non-hydrogen) atoms. The fourth-order valence-corrected chi connectivity index (χ4v) is 12.7. The van der Waals surface area contributed by atoms with Gasteiger partial charge in [-0.25, -0.2) is 14.4 Å². The number of esters is 7. The van der Waals surface area contributed by atoms with Gasteiger partial charge < -0.3 is 86.4 Å². The first-order chi connectivity index (χ1) is 68.2. The molecule has 9 rings (SSSR count). The average Bonchev–Trinajstić information content (AvgIpc) is 1.60. The maximum atomic E-state index is 12.1. The molecule has 2 fully saturated rings. The van der Waals surface area contributed by atoms with E-state index in [4.69, 9.17) is 83.2 Å². The summed E-state index contributed by atoms with van der Waals surface area (Å²) in [5.41, 5.74) is -0.845. The fourth-order valence-electron chi connectivity index (χ4n) is 12.0. The molecule has 2 saturated heterocycles. The number of nitrogens with one attached hydrogen (secondary N) is 1. The van der Waals surface area contributed by atoms with Crippen LogP contribution in [0.1, 0.15) is 309 Å². The van der Waals surface area contributed by atoms with Crippen LogP contribution >= 0.6 is 11.8 Å². The van der Waals surface area contributed by atoms with Gasteiger partial charge in [-0.1, -0.05) is 147 Å². The van der Waals surface area contributed by atoms with Crippen LogP contribution < -0.4 is 42.7 Å². The summed E-state index contributed by atoms with van der Waals surface area (Å²) in [5, 5.41) is 27.4. The van der Waals surface area contributed by atoms with E-state index >= 15 is 0 Å². The molecule has 0 radical (unpaired) electrons. The third kappa shape index (κ3) is 78.3. The number of hydrogen-bond donors (Lipinski definition) is 4. The number of aliphatic hydroxyl groups is 1. The Balaban J connectivity index is 0.00000165. The van der Waals surface area contributed by atoms with Crippen molar-refractivity contribution < 1.29 is 133 Å². The zero-order valence-electron chi connectivity index (χ0n) is 91.4. The van der Waals surface area contributed by atoms with Gasteiger partial charge in [0.2, 0.25) is 0 Å². The van der Waals surface area contributed by atoms with Gasteiger partial charge in [-0.3, -0.25) is 28.2 Å². The van der Waals surface area contributed by atoms with Crippen molar-refractivity contribution in [2.75, 3.05) is 65.7 Å². The molecular weight excluding hydrogens is 1900 g/mol. The minimum Gasteiger partial charge on any atom is -0.508 e. The van der Waals surface area contributed by atoms with Gasteiger partial charge in [0, 0.05) is 95.9 Å². The predicted molar refractivity (Wildman–Crippen MR) is 571 cm³/mol. The Hall–Kier alpha value is -10.7. The number of carbonyl (C=O) groups is 7. The SMILES string of the molecule is C1CCOC1.C1CCOC1.CCC(CC)COS(C)(=O)=O.CCC(CC)COc1cccc(O[C@@H](C)CCC(=O)OC(C)(C)C)c1.CCC(CC)COc1cccc(O[C@@H](C)CNCl)c1.CCOC(C)=O.C[C@@H](CCC(=O)OC(C)(C)C)Oc1cccc(O)c1.C[C@@H](CCC(=O)OC(C)(C)C)Oc1cccc(OC(=O)c2ccccc2)c1.C[C@@H](O)CCC(=O)OC(C)(C)C.O=C(Oc1cccc(O)c1)c1ccccc1. The number of hydrogen-bond acceptors (Lipinski definition) is 29. The Morgan fingerprint density at radius 3 is 0.924 bits per heavy atom. The second-order valence-electron chi connectivity index (χ2n) is 38.6. The smallest absolute Gasteiger partial charge is 0.343 e. The quantitative estimate of drug-likeness (QED) is 0.00907. The molecule has 0 amide bonds.